The van der Waals surface area contributed by atoms with Crippen LogP contribution in [0.2, 0.25) is 5.02 Å². The molecule has 27 heavy (non-hydrogen) atoms. The van der Waals surface area contributed by atoms with Crippen molar-refractivity contribution in [2.45, 2.75) is 6.61 Å². The van der Waals surface area contributed by atoms with E-state index < -0.39 is 0 Å². The SMILES string of the molecule is N#C/C(=C\c1ccc(OCc2ccccc2F)c(Cl)c1)c1ccc(Br)cc1. The molecule has 0 bridgehead atoms. The van der Waals surface area contributed by atoms with E-state index in [4.69, 9.17) is 16.3 Å². The van der Waals surface area contributed by atoms with Gasteiger partial charge in [0, 0.05) is 10.0 Å². The highest BCUT2D eigenvalue weighted by molar-refractivity contribution is 9.10. The van der Waals surface area contributed by atoms with Gasteiger partial charge in [-0.3, -0.25) is 0 Å². The summed E-state index contributed by atoms with van der Waals surface area (Å²) in [6.45, 7) is 0.0872. The predicted octanol–water partition coefficient (Wildman–Crippen LogP) is 6.88. The zero-order chi connectivity index (χ0) is 19.2. The van der Waals surface area contributed by atoms with E-state index in [-0.39, 0.29) is 12.4 Å². The van der Waals surface area contributed by atoms with E-state index in [0.717, 1.165) is 15.6 Å². The summed E-state index contributed by atoms with van der Waals surface area (Å²) in [5, 5.41) is 9.84. The molecule has 0 fully saturated rings. The van der Waals surface area contributed by atoms with E-state index >= 15 is 0 Å². The fourth-order valence-electron chi connectivity index (χ4n) is 2.47. The van der Waals surface area contributed by atoms with Gasteiger partial charge in [0.05, 0.1) is 16.7 Å². The quantitative estimate of drug-likeness (QED) is 0.318. The Bertz CT molecular complexity index is 1030. The van der Waals surface area contributed by atoms with Crippen molar-refractivity contribution in [1.82, 2.24) is 0 Å². The summed E-state index contributed by atoms with van der Waals surface area (Å²) < 4.78 is 20.2. The Morgan fingerprint density at radius 1 is 1.11 bits per heavy atom. The molecule has 5 heteroatoms. The molecule has 3 aromatic carbocycles. The first-order chi connectivity index (χ1) is 13.1. The van der Waals surface area contributed by atoms with Crippen LogP contribution in [0.25, 0.3) is 11.6 Å². The first-order valence-corrected chi connectivity index (χ1v) is 9.27. The standard InChI is InChI=1S/C22H14BrClFNO/c23-19-8-6-16(7-9-19)18(13-26)11-15-5-10-22(20(24)12-15)27-14-17-3-1-2-4-21(17)25/h1-12H,14H2/b18-11+. The van der Waals surface area contributed by atoms with E-state index in [2.05, 4.69) is 22.0 Å². The van der Waals surface area contributed by atoms with Crippen LogP contribution in [0.3, 0.4) is 0 Å². The normalized spacial score (nSPS) is 11.1. The molecule has 0 aromatic heterocycles. The molecule has 0 aliphatic rings. The summed E-state index contributed by atoms with van der Waals surface area (Å²) in [5.41, 5.74) is 2.58. The number of ether oxygens (including phenoxy) is 1. The first-order valence-electron chi connectivity index (χ1n) is 8.10. The lowest BCUT2D eigenvalue weighted by Gasteiger charge is -2.09. The monoisotopic (exact) mass is 441 g/mol. The van der Waals surface area contributed by atoms with Crippen LogP contribution in [0.4, 0.5) is 4.39 Å². The first kappa shape index (κ1) is 19.2. The number of nitriles is 1. The molecule has 0 atom stereocenters. The molecular formula is C22H14BrClFNO. The maximum absolute atomic E-state index is 13.7. The van der Waals surface area contributed by atoms with Crippen LogP contribution in [0.1, 0.15) is 16.7 Å². The van der Waals surface area contributed by atoms with Crippen LogP contribution in [-0.2, 0) is 6.61 Å². The average Bonchev–Trinajstić information content (AvgIpc) is 2.67. The maximum atomic E-state index is 13.7. The van der Waals surface area contributed by atoms with Crippen molar-refractivity contribution >= 4 is 39.2 Å². The molecular weight excluding hydrogens is 429 g/mol. The van der Waals surface area contributed by atoms with Crippen molar-refractivity contribution < 1.29 is 9.13 Å². The Hall–Kier alpha value is -2.61. The predicted molar refractivity (Wildman–Crippen MR) is 110 cm³/mol. The van der Waals surface area contributed by atoms with Gasteiger partial charge in [0.25, 0.3) is 0 Å². The van der Waals surface area contributed by atoms with Gasteiger partial charge >= 0.3 is 0 Å². The zero-order valence-corrected chi connectivity index (χ0v) is 16.5. The van der Waals surface area contributed by atoms with Gasteiger partial charge in [-0.1, -0.05) is 63.9 Å². The number of benzene rings is 3. The van der Waals surface area contributed by atoms with Gasteiger partial charge in [-0.25, -0.2) is 4.39 Å². The Morgan fingerprint density at radius 3 is 2.52 bits per heavy atom. The topological polar surface area (TPSA) is 33.0 Å². The number of rotatable bonds is 5. The highest BCUT2D eigenvalue weighted by atomic mass is 79.9. The molecule has 0 spiro atoms. The molecule has 0 radical (unpaired) electrons. The van der Waals surface area contributed by atoms with Crippen LogP contribution in [-0.4, -0.2) is 0 Å². The molecule has 0 amide bonds. The second-order valence-corrected chi connectivity index (χ2v) is 7.07. The minimum atomic E-state index is -0.318. The summed E-state index contributed by atoms with van der Waals surface area (Å²) in [7, 11) is 0. The molecule has 0 N–H and O–H groups in total. The Morgan fingerprint density at radius 2 is 1.85 bits per heavy atom. The van der Waals surface area contributed by atoms with Gasteiger partial charge in [0.15, 0.2) is 0 Å². The van der Waals surface area contributed by atoms with Crippen molar-refractivity contribution in [3.05, 3.63) is 98.7 Å². The van der Waals surface area contributed by atoms with E-state index in [1.165, 1.54) is 6.07 Å². The molecule has 0 aliphatic heterocycles. The van der Waals surface area contributed by atoms with Gasteiger partial charge in [-0.05, 0) is 47.5 Å². The van der Waals surface area contributed by atoms with Crippen molar-refractivity contribution in [2.75, 3.05) is 0 Å². The highest BCUT2D eigenvalue weighted by Crippen LogP contribution is 2.28. The number of hydrogen-bond donors (Lipinski definition) is 0. The molecule has 3 aromatic rings. The third kappa shape index (κ3) is 4.97. The number of allylic oxidation sites excluding steroid dienone is 1. The van der Waals surface area contributed by atoms with Crippen LogP contribution >= 0.6 is 27.5 Å². The number of halogens is 3. The van der Waals surface area contributed by atoms with Gasteiger partial charge in [0.2, 0.25) is 0 Å². The second-order valence-electron chi connectivity index (χ2n) is 5.75. The van der Waals surface area contributed by atoms with Crippen LogP contribution in [0.5, 0.6) is 5.75 Å². The van der Waals surface area contributed by atoms with Crippen molar-refractivity contribution in [1.29, 1.82) is 5.26 Å². The molecule has 0 heterocycles. The smallest absolute Gasteiger partial charge is 0.138 e. The maximum Gasteiger partial charge on any atom is 0.138 e. The van der Waals surface area contributed by atoms with E-state index in [9.17, 15) is 9.65 Å². The molecule has 2 nitrogen and oxygen atoms in total. The molecule has 0 aliphatic carbocycles. The fourth-order valence-corrected chi connectivity index (χ4v) is 2.98. The summed E-state index contributed by atoms with van der Waals surface area (Å²) in [6.07, 6.45) is 1.76. The van der Waals surface area contributed by atoms with E-state index in [1.807, 2.05) is 24.3 Å². The van der Waals surface area contributed by atoms with Gasteiger partial charge in [-0.15, -0.1) is 0 Å². The summed E-state index contributed by atoms with van der Waals surface area (Å²) in [4.78, 5) is 0. The van der Waals surface area contributed by atoms with Crippen LogP contribution in [0, 0.1) is 17.1 Å². The third-order valence-corrected chi connectivity index (χ3v) is 4.71. The average molecular weight is 443 g/mol. The second kappa shape index (κ2) is 8.85. The molecule has 134 valence electrons. The van der Waals surface area contributed by atoms with Gasteiger partial charge in [-0.2, -0.15) is 5.26 Å². The Kier molecular flexibility index (Phi) is 6.28. The van der Waals surface area contributed by atoms with E-state index in [0.29, 0.717) is 21.9 Å². The zero-order valence-electron chi connectivity index (χ0n) is 14.1. The molecule has 3 rings (SSSR count). The van der Waals surface area contributed by atoms with Gasteiger partial charge < -0.3 is 4.74 Å². The molecule has 0 saturated heterocycles. The number of hydrogen-bond acceptors (Lipinski definition) is 2. The third-order valence-electron chi connectivity index (χ3n) is 3.88. The summed E-state index contributed by atoms with van der Waals surface area (Å²) >= 11 is 9.67. The van der Waals surface area contributed by atoms with E-state index in [1.54, 1.807) is 42.5 Å². The number of nitrogens with zero attached hydrogens (tertiary/aromatic N) is 1. The fraction of sp³-hybridized carbons (Fsp3) is 0.0455. The lowest BCUT2D eigenvalue weighted by Crippen LogP contribution is -1.98. The van der Waals surface area contributed by atoms with Crippen molar-refractivity contribution in [3.63, 3.8) is 0 Å². The summed E-state index contributed by atoms with van der Waals surface area (Å²) in [5.74, 6) is 0.139. The largest absolute Gasteiger partial charge is 0.487 e. The van der Waals surface area contributed by atoms with Gasteiger partial charge in [0.1, 0.15) is 18.2 Å². The van der Waals surface area contributed by atoms with Crippen molar-refractivity contribution in [2.24, 2.45) is 0 Å². The minimum Gasteiger partial charge on any atom is -0.487 e. The summed E-state index contributed by atoms with van der Waals surface area (Å²) in [6, 6.07) is 21.4. The lowest BCUT2D eigenvalue weighted by molar-refractivity contribution is 0.300. The highest BCUT2D eigenvalue weighted by Gasteiger charge is 2.07. The Labute approximate surface area is 170 Å². The minimum absolute atomic E-state index is 0.0872. The van der Waals surface area contributed by atoms with Crippen LogP contribution in [0.15, 0.2) is 71.2 Å². The van der Waals surface area contributed by atoms with Crippen molar-refractivity contribution in [3.8, 4) is 11.8 Å². The lowest BCUT2D eigenvalue weighted by atomic mass is 10.0. The molecule has 0 saturated carbocycles. The molecule has 0 unspecified atom stereocenters. The van der Waals surface area contributed by atoms with Crippen LogP contribution < -0.4 is 4.74 Å². The Balaban J connectivity index is 1.78.